The summed E-state index contributed by atoms with van der Waals surface area (Å²) in [4.78, 5) is 19.9. The van der Waals surface area contributed by atoms with E-state index in [1.165, 1.54) is 5.69 Å². The summed E-state index contributed by atoms with van der Waals surface area (Å²) in [7, 11) is 1.68. The van der Waals surface area contributed by atoms with Crippen molar-refractivity contribution >= 4 is 17.3 Å². The van der Waals surface area contributed by atoms with Gasteiger partial charge in [0.1, 0.15) is 5.75 Å². The van der Waals surface area contributed by atoms with Crippen LogP contribution in [0.1, 0.15) is 12.0 Å². The van der Waals surface area contributed by atoms with Gasteiger partial charge in [0, 0.05) is 37.4 Å². The number of nitrogens with zero attached hydrogens (tertiary/aromatic N) is 3. The molecular weight excluding hydrogens is 382 g/mol. The predicted octanol–water partition coefficient (Wildman–Crippen LogP) is 2.41. The first-order chi connectivity index (χ1) is 14.7. The summed E-state index contributed by atoms with van der Waals surface area (Å²) in [5, 5.41) is 0. The lowest BCUT2D eigenvalue weighted by Crippen LogP contribution is -2.53. The maximum absolute atomic E-state index is 13.4. The number of piperazine rings is 1. The fourth-order valence-corrected chi connectivity index (χ4v) is 4.48. The highest BCUT2D eigenvalue weighted by Gasteiger charge is 2.55. The van der Waals surface area contributed by atoms with Gasteiger partial charge in [-0.25, -0.2) is 0 Å². The van der Waals surface area contributed by atoms with Crippen LogP contribution in [0.4, 0.5) is 11.4 Å². The van der Waals surface area contributed by atoms with Crippen molar-refractivity contribution in [1.29, 1.82) is 0 Å². The van der Waals surface area contributed by atoms with E-state index in [0.29, 0.717) is 19.9 Å². The van der Waals surface area contributed by atoms with Gasteiger partial charge in [-0.15, -0.1) is 0 Å². The fraction of sp³-hybridized carbons (Fsp3) is 0.435. The normalized spacial score (nSPS) is 21.2. The van der Waals surface area contributed by atoms with Gasteiger partial charge in [0.2, 0.25) is 0 Å². The number of ether oxygens (including phenoxy) is 3. The van der Waals surface area contributed by atoms with E-state index in [-0.39, 0.29) is 5.91 Å². The molecule has 30 heavy (non-hydrogen) atoms. The van der Waals surface area contributed by atoms with Crippen LogP contribution in [0.5, 0.6) is 5.75 Å². The molecule has 7 nitrogen and oxygen atoms in total. The van der Waals surface area contributed by atoms with Crippen molar-refractivity contribution in [3.8, 4) is 5.75 Å². The number of hydrogen-bond acceptors (Lipinski definition) is 6. The van der Waals surface area contributed by atoms with E-state index in [2.05, 4.69) is 21.9 Å². The monoisotopic (exact) mass is 409 g/mol. The summed E-state index contributed by atoms with van der Waals surface area (Å²) in [6, 6.07) is 16.0. The van der Waals surface area contributed by atoms with E-state index >= 15 is 0 Å². The Morgan fingerprint density at radius 1 is 0.967 bits per heavy atom. The minimum atomic E-state index is -1.26. The van der Waals surface area contributed by atoms with Gasteiger partial charge >= 0.3 is 0 Å². The van der Waals surface area contributed by atoms with Crippen molar-refractivity contribution in [3.05, 3.63) is 54.1 Å². The quantitative estimate of drug-likeness (QED) is 0.773. The van der Waals surface area contributed by atoms with E-state index in [9.17, 15) is 4.79 Å². The number of hydrogen-bond donors (Lipinski definition) is 0. The third kappa shape index (κ3) is 3.23. The Balaban J connectivity index is 1.28. The molecule has 0 aliphatic carbocycles. The minimum Gasteiger partial charge on any atom is -0.497 e. The van der Waals surface area contributed by atoms with Gasteiger partial charge in [-0.1, -0.05) is 18.2 Å². The van der Waals surface area contributed by atoms with Crippen LogP contribution >= 0.6 is 0 Å². The van der Waals surface area contributed by atoms with Gasteiger partial charge in [-0.3, -0.25) is 14.6 Å². The van der Waals surface area contributed by atoms with Gasteiger partial charge in [0.15, 0.2) is 0 Å². The summed E-state index contributed by atoms with van der Waals surface area (Å²) in [6.07, 6.45) is 0.810. The van der Waals surface area contributed by atoms with Gasteiger partial charge < -0.3 is 19.1 Å². The molecule has 2 saturated heterocycles. The summed E-state index contributed by atoms with van der Waals surface area (Å²) in [5.74, 6) is -0.509. The number of rotatable bonds is 4. The molecule has 158 valence electrons. The fourth-order valence-electron chi connectivity index (χ4n) is 4.48. The van der Waals surface area contributed by atoms with Crippen molar-refractivity contribution in [3.63, 3.8) is 0 Å². The molecule has 3 aliphatic heterocycles. The Morgan fingerprint density at radius 3 is 2.37 bits per heavy atom. The highest BCUT2D eigenvalue weighted by molar-refractivity contribution is 6.06. The minimum absolute atomic E-state index is 0.110. The van der Waals surface area contributed by atoms with E-state index < -0.39 is 5.79 Å². The Kier molecular flexibility index (Phi) is 5.10. The Labute approximate surface area is 176 Å². The Hall–Kier alpha value is -2.61. The van der Waals surface area contributed by atoms with Crippen molar-refractivity contribution in [2.75, 3.05) is 63.0 Å². The molecule has 7 heteroatoms. The number of methoxy groups -OCH3 is 1. The highest BCUT2D eigenvalue weighted by atomic mass is 16.7. The van der Waals surface area contributed by atoms with Crippen LogP contribution in [0.2, 0.25) is 0 Å². The van der Waals surface area contributed by atoms with Gasteiger partial charge in [0.25, 0.3) is 11.7 Å². The number of para-hydroxylation sites is 1. The summed E-state index contributed by atoms with van der Waals surface area (Å²) in [5.41, 5.74) is 2.91. The second-order valence-electron chi connectivity index (χ2n) is 7.86. The van der Waals surface area contributed by atoms with E-state index in [1.54, 1.807) is 7.11 Å². The standard InChI is InChI=1S/C23H27N3O4/c1-28-19-9-7-18(8-10-19)25-13-11-24(12-14-25)17-26-21-6-3-2-5-20(21)23(22(26)27)29-15-4-16-30-23/h2-3,5-10H,4,11-17H2,1H3. The van der Waals surface area contributed by atoms with Crippen LogP contribution in [-0.4, -0.2) is 64.0 Å². The molecule has 1 spiro atoms. The number of carbonyl (C=O) groups is 1. The smallest absolute Gasteiger partial charge is 0.293 e. The van der Waals surface area contributed by atoms with E-state index in [0.717, 1.165) is 49.6 Å². The molecule has 2 aromatic carbocycles. The molecule has 0 atom stereocenters. The first kappa shape index (κ1) is 19.4. The molecule has 0 radical (unpaired) electrons. The van der Waals surface area contributed by atoms with Gasteiger partial charge in [0.05, 0.1) is 32.7 Å². The SMILES string of the molecule is COc1ccc(N2CCN(CN3C(=O)C4(OCCCO4)c4ccccc43)CC2)cc1. The zero-order chi connectivity index (χ0) is 20.6. The molecule has 3 heterocycles. The molecule has 0 N–H and O–H groups in total. The average molecular weight is 409 g/mol. The number of carbonyl (C=O) groups excluding carboxylic acids is 1. The molecule has 5 rings (SSSR count). The molecule has 2 aromatic rings. The zero-order valence-corrected chi connectivity index (χ0v) is 17.3. The van der Waals surface area contributed by atoms with Crippen LogP contribution in [0.3, 0.4) is 0 Å². The third-order valence-electron chi connectivity index (χ3n) is 6.13. The molecule has 0 bridgehead atoms. The van der Waals surface area contributed by atoms with Crippen LogP contribution in [-0.2, 0) is 20.1 Å². The first-order valence-corrected chi connectivity index (χ1v) is 10.5. The molecule has 1 amide bonds. The highest BCUT2D eigenvalue weighted by Crippen LogP contribution is 2.45. The van der Waals surface area contributed by atoms with E-state index in [4.69, 9.17) is 14.2 Å². The number of amides is 1. The molecule has 0 saturated carbocycles. The summed E-state index contributed by atoms with van der Waals surface area (Å²) in [6.45, 7) is 5.20. The summed E-state index contributed by atoms with van der Waals surface area (Å²) < 4.78 is 17.1. The van der Waals surface area contributed by atoms with Crippen molar-refractivity contribution in [1.82, 2.24) is 4.90 Å². The van der Waals surface area contributed by atoms with Crippen LogP contribution in [0, 0.1) is 0 Å². The third-order valence-corrected chi connectivity index (χ3v) is 6.13. The zero-order valence-electron chi connectivity index (χ0n) is 17.3. The lowest BCUT2D eigenvalue weighted by Gasteiger charge is -2.38. The Morgan fingerprint density at radius 2 is 1.67 bits per heavy atom. The molecular formula is C23H27N3O4. The second kappa shape index (κ2) is 7.91. The molecule has 0 unspecified atom stereocenters. The maximum atomic E-state index is 13.4. The molecule has 2 fully saturated rings. The van der Waals surface area contributed by atoms with Crippen LogP contribution in [0.25, 0.3) is 0 Å². The molecule has 3 aliphatic rings. The average Bonchev–Trinajstić information content (AvgIpc) is 3.03. The second-order valence-corrected chi connectivity index (χ2v) is 7.86. The Bertz CT molecular complexity index is 903. The first-order valence-electron chi connectivity index (χ1n) is 10.5. The maximum Gasteiger partial charge on any atom is 0.293 e. The van der Waals surface area contributed by atoms with E-state index in [1.807, 2.05) is 41.3 Å². The van der Waals surface area contributed by atoms with Gasteiger partial charge in [-0.05, 0) is 36.8 Å². The lowest BCUT2D eigenvalue weighted by molar-refractivity contribution is -0.256. The van der Waals surface area contributed by atoms with Crippen molar-refractivity contribution in [2.24, 2.45) is 0 Å². The lowest BCUT2D eigenvalue weighted by atomic mass is 10.1. The number of fused-ring (bicyclic) bond motifs is 2. The topological polar surface area (TPSA) is 54.5 Å². The van der Waals surface area contributed by atoms with Crippen LogP contribution in [0.15, 0.2) is 48.5 Å². The van der Waals surface area contributed by atoms with Crippen LogP contribution < -0.4 is 14.5 Å². The van der Waals surface area contributed by atoms with Gasteiger partial charge in [-0.2, -0.15) is 0 Å². The van der Waals surface area contributed by atoms with Crippen molar-refractivity contribution < 1.29 is 19.0 Å². The largest absolute Gasteiger partial charge is 0.497 e. The van der Waals surface area contributed by atoms with Crippen molar-refractivity contribution in [2.45, 2.75) is 12.2 Å². The summed E-state index contributed by atoms with van der Waals surface area (Å²) >= 11 is 0. The predicted molar refractivity (Wildman–Crippen MR) is 114 cm³/mol. The molecule has 0 aromatic heterocycles. The number of anilines is 2. The number of benzene rings is 2.